The molecule has 0 radical (unpaired) electrons. The van der Waals surface area contributed by atoms with Gasteiger partial charge in [0.05, 0.1) is 17.3 Å². The molecule has 6 heteroatoms. The van der Waals surface area contributed by atoms with Crippen molar-refractivity contribution in [1.82, 2.24) is 15.1 Å². The molecule has 0 spiro atoms. The molecule has 1 amide bonds. The molecule has 0 aliphatic carbocycles. The third-order valence-electron chi connectivity index (χ3n) is 2.89. The van der Waals surface area contributed by atoms with Crippen LogP contribution in [0.4, 0.5) is 0 Å². The Kier molecular flexibility index (Phi) is 4.14. The SMILES string of the molecule is Cn1cc(C(=O)NCCc2ccccc2C(=O)O)cn1. The van der Waals surface area contributed by atoms with Gasteiger partial charge < -0.3 is 10.4 Å². The first kappa shape index (κ1) is 13.8. The van der Waals surface area contributed by atoms with E-state index in [1.165, 1.54) is 6.20 Å². The Balaban J connectivity index is 1.93. The maximum Gasteiger partial charge on any atom is 0.335 e. The molecule has 0 saturated heterocycles. The molecule has 6 nitrogen and oxygen atoms in total. The predicted octanol–water partition coefficient (Wildman–Crippen LogP) is 1.09. The molecule has 2 aromatic rings. The molecule has 0 fully saturated rings. The zero-order chi connectivity index (χ0) is 14.5. The Labute approximate surface area is 116 Å². The average molecular weight is 273 g/mol. The molecular formula is C14H15N3O3. The number of aromatic carboxylic acids is 1. The second-order valence-corrected chi connectivity index (χ2v) is 4.37. The molecule has 2 N–H and O–H groups in total. The maximum atomic E-state index is 11.8. The van der Waals surface area contributed by atoms with Crippen molar-refractivity contribution in [3.05, 3.63) is 53.3 Å². The third-order valence-corrected chi connectivity index (χ3v) is 2.89. The van der Waals surface area contributed by atoms with Crippen LogP contribution in [0.15, 0.2) is 36.7 Å². The van der Waals surface area contributed by atoms with Gasteiger partial charge in [-0.25, -0.2) is 4.79 Å². The van der Waals surface area contributed by atoms with E-state index in [1.807, 2.05) is 0 Å². The van der Waals surface area contributed by atoms with Crippen molar-refractivity contribution in [3.8, 4) is 0 Å². The van der Waals surface area contributed by atoms with Crippen LogP contribution < -0.4 is 5.32 Å². The summed E-state index contributed by atoms with van der Waals surface area (Å²) < 4.78 is 1.55. The Morgan fingerprint density at radius 3 is 2.75 bits per heavy atom. The number of carbonyl (C=O) groups excluding carboxylic acids is 1. The summed E-state index contributed by atoms with van der Waals surface area (Å²) in [5, 5.41) is 15.7. The number of rotatable bonds is 5. The first-order valence-corrected chi connectivity index (χ1v) is 6.16. The van der Waals surface area contributed by atoms with E-state index in [0.29, 0.717) is 24.1 Å². The molecule has 0 bridgehead atoms. The van der Waals surface area contributed by atoms with Crippen molar-refractivity contribution in [2.45, 2.75) is 6.42 Å². The van der Waals surface area contributed by atoms with Gasteiger partial charge in [0, 0.05) is 19.8 Å². The van der Waals surface area contributed by atoms with Crippen molar-refractivity contribution < 1.29 is 14.7 Å². The van der Waals surface area contributed by atoms with E-state index < -0.39 is 5.97 Å². The normalized spacial score (nSPS) is 10.2. The van der Waals surface area contributed by atoms with Gasteiger partial charge in [-0.05, 0) is 18.1 Å². The Morgan fingerprint density at radius 1 is 1.35 bits per heavy atom. The molecular weight excluding hydrogens is 258 g/mol. The van der Waals surface area contributed by atoms with Crippen LogP contribution in [0.25, 0.3) is 0 Å². The predicted molar refractivity (Wildman–Crippen MR) is 72.6 cm³/mol. The van der Waals surface area contributed by atoms with Crippen molar-refractivity contribution >= 4 is 11.9 Å². The van der Waals surface area contributed by atoms with Crippen LogP contribution in [0.1, 0.15) is 26.3 Å². The lowest BCUT2D eigenvalue weighted by atomic mass is 10.0. The number of nitrogens with one attached hydrogen (secondary N) is 1. The summed E-state index contributed by atoms with van der Waals surface area (Å²) in [6.07, 6.45) is 3.58. The molecule has 104 valence electrons. The standard InChI is InChI=1S/C14H15N3O3/c1-17-9-11(8-16-17)13(18)15-7-6-10-4-2-3-5-12(10)14(19)20/h2-5,8-9H,6-7H2,1H3,(H,15,18)(H,19,20). The second-order valence-electron chi connectivity index (χ2n) is 4.37. The van der Waals surface area contributed by atoms with Crippen molar-refractivity contribution in [2.24, 2.45) is 7.05 Å². The van der Waals surface area contributed by atoms with E-state index in [0.717, 1.165) is 0 Å². The number of nitrogens with zero attached hydrogens (tertiary/aromatic N) is 2. The van der Waals surface area contributed by atoms with Gasteiger partial charge in [-0.1, -0.05) is 18.2 Å². The van der Waals surface area contributed by atoms with Gasteiger partial charge in [-0.2, -0.15) is 5.10 Å². The van der Waals surface area contributed by atoms with Gasteiger partial charge in [-0.15, -0.1) is 0 Å². The molecule has 0 aliphatic heterocycles. The van der Waals surface area contributed by atoms with E-state index in [2.05, 4.69) is 10.4 Å². The monoisotopic (exact) mass is 273 g/mol. The van der Waals surface area contributed by atoms with Gasteiger partial charge in [0.15, 0.2) is 0 Å². The van der Waals surface area contributed by atoms with Crippen molar-refractivity contribution in [3.63, 3.8) is 0 Å². The summed E-state index contributed by atoms with van der Waals surface area (Å²) in [6.45, 7) is 0.373. The number of carboxylic acid groups (broad SMARTS) is 1. The number of carboxylic acids is 1. The van der Waals surface area contributed by atoms with E-state index in [-0.39, 0.29) is 11.5 Å². The van der Waals surface area contributed by atoms with Crippen LogP contribution in [-0.2, 0) is 13.5 Å². The molecule has 0 saturated carbocycles. The molecule has 1 aromatic heterocycles. The topological polar surface area (TPSA) is 84.2 Å². The number of hydrogen-bond donors (Lipinski definition) is 2. The van der Waals surface area contributed by atoms with E-state index in [9.17, 15) is 9.59 Å². The fourth-order valence-corrected chi connectivity index (χ4v) is 1.90. The number of benzene rings is 1. The van der Waals surface area contributed by atoms with Crippen molar-refractivity contribution in [2.75, 3.05) is 6.54 Å². The maximum absolute atomic E-state index is 11.8. The van der Waals surface area contributed by atoms with E-state index in [4.69, 9.17) is 5.11 Å². The molecule has 0 unspecified atom stereocenters. The summed E-state index contributed by atoms with van der Waals surface area (Å²) >= 11 is 0. The van der Waals surface area contributed by atoms with Gasteiger partial charge in [0.25, 0.3) is 5.91 Å². The van der Waals surface area contributed by atoms with Gasteiger partial charge in [0.2, 0.25) is 0 Å². The van der Waals surface area contributed by atoms with Gasteiger partial charge >= 0.3 is 5.97 Å². The quantitative estimate of drug-likeness (QED) is 0.854. The Hall–Kier alpha value is -2.63. The van der Waals surface area contributed by atoms with E-state index in [1.54, 1.807) is 42.2 Å². The average Bonchev–Trinajstić information content (AvgIpc) is 2.86. The highest BCUT2D eigenvalue weighted by Gasteiger charge is 2.10. The lowest BCUT2D eigenvalue weighted by Crippen LogP contribution is -2.25. The van der Waals surface area contributed by atoms with Crippen LogP contribution in [-0.4, -0.2) is 33.3 Å². The molecule has 2 rings (SSSR count). The highest BCUT2D eigenvalue weighted by Crippen LogP contribution is 2.09. The fraction of sp³-hybridized carbons (Fsp3) is 0.214. The molecule has 0 atom stereocenters. The highest BCUT2D eigenvalue weighted by atomic mass is 16.4. The minimum absolute atomic E-state index is 0.217. The van der Waals surface area contributed by atoms with Crippen molar-refractivity contribution in [1.29, 1.82) is 0 Å². The van der Waals surface area contributed by atoms with Crippen LogP contribution in [0, 0.1) is 0 Å². The lowest BCUT2D eigenvalue weighted by Gasteiger charge is -2.06. The number of amides is 1. The minimum Gasteiger partial charge on any atom is -0.478 e. The smallest absolute Gasteiger partial charge is 0.335 e. The number of carbonyl (C=O) groups is 2. The first-order valence-electron chi connectivity index (χ1n) is 6.16. The Morgan fingerprint density at radius 2 is 2.10 bits per heavy atom. The third kappa shape index (κ3) is 3.23. The summed E-state index contributed by atoms with van der Waals surface area (Å²) in [5.41, 5.74) is 1.45. The second kappa shape index (κ2) is 6.01. The highest BCUT2D eigenvalue weighted by molar-refractivity contribution is 5.93. The van der Waals surface area contributed by atoms with Crippen LogP contribution in [0.3, 0.4) is 0 Å². The van der Waals surface area contributed by atoms with Gasteiger partial charge in [0.1, 0.15) is 0 Å². The molecule has 20 heavy (non-hydrogen) atoms. The summed E-state index contributed by atoms with van der Waals surface area (Å²) in [4.78, 5) is 22.8. The minimum atomic E-state index is -0.959. The van der Waals surface area contributed by atoms with E-state index >= 15 is 0 Å². The number of hydrogen-bond acceptors (Lipinski definition) is 3. The summed E-state index contributed by atoms with van der Waals surface area (Å²) in [6, 6.07) is 6.77. The molecule has 1 heterocycles. The van der Waals surface area contributed by atoms with Crippen LogP contribution in [0.2, 0.25) is 0 Å². The molecule has 0 aliphatic rings. The largest absolute Gasteiger partial charge is 0.478 e. The zero-order valence-corrected chi connectivity index (χ0v) is 11.0. The summed E-state index contributed by atoms with van der Waals surface area (Å²) in [5.74, 6) is -1.18. The number of aromatic nitrogens is 2. The zero-order valence-electron chi connectivity index (χ0n) is 11.0. The number of aryl methyl sites for hydroxylation is 1. The molecule has 1 aromatic carbocycles. The first-order chi connectivity index (χ1) is 9.58. The fourth-order valence-electron chi connectivity index (χ4n) is 1.90. The Bertz CT molecular complexity index is 634. The van der Waals surface area contributed by atoms with Crippen LogP contribution >= 0.6 is 0 Å². The van der Waals surface area contributed by atoms with Crippen LogP contribution in [0.5, 0.6) is 0 Å². The van der Waals surface area contributed by atoms with Gasteiger partial charge in [-0.3, -0.25) is 9.48 Å². The lowest BCUT2D eigenvalue weighted by molar-refractivity contribution is 0.0695. The summed E-state index contributed by atoms with van der Waals surface area (Å²) in [7, 11) is 1.74.